The lowest BCUT2D eigenvalue weighted by Gasteiger charge is -2.11. The van der Waals surface area contributed by atoms with E-state index in [0.29, 0.717) is 0 Å². The van der Waals surface area contributed by atoms with Crippen LogP contribution in [0.1, 0.15) is 29.8 Å². The zero-order valence-corrected chi connectivity index (χ0v) is 11.7. The number of carbonyl (C=O) groups excluding carboxylic acids is 1. The highest BCUT2D eigenvalue weighted by Gasteiger charge is 2.07. The van der Waals surface area contributed by atoms with Crippen LogP contribution in [0.2, 0.25) is 0 Å². The van der Waals surface area contributed by atoms with Crippen molar-refractivity contribution in [3.63, 3.8) is 0 Å². The van der Waals surface area contributed by atoms with E-state index in [-0.39, 0.29) is 11.9 Å². The molecular formula is C17H18N2O. The Morgan fingerprint density at radius 1 is 1.25 bits per heavy atom. The van der Waals surface area contributed by atoms with E-state index in [2.05, 4.69) is 10.3 Å². The summed E-state index contributed by atoms with van der Waals surface area (Å²) < 4.78 is 0. The van der Waals surface area contributed by atoms with Gasteiger partial charge in [0.25, 0.3) is 0 Å². The second-order valence-electron chi connectivity index (χ2n) is 4.73. The fraction of sp³-hybridized carbons (Fsp3) is 0.176. The molecule has 1 aromatic heterocycles. The lowest BCUT2D eigenvalue weighted by molar-refractivity contribution is -0.117. The third kappa shape index (κ3) is 4.05. The van der Waals surface area contributed by atoms with Crippen molar-refractivity contribution >= 4 is 12.0 Å². The maximum atomic E-state index is 11.9. The number of amides is 1. The number of aryl methyl sites for hydroxylation is 1. The Bertz CT molecular complexity index is 605. The molecule has 102 valence electrons. The van der Waals surface area contributed by atoms with E-state index in [0.717, 1.165) is 11.3 Å². The molecule has 0 spiro atoms. The lowest BCUT2D eigenvalue weighted by atomic mass is 10.1. The summed E-state index contributed by atoms with van der Waals surface area (Å²) in [5, 5.41) is 2.89. The van der Waals surface area contributed by atoms with Gasteiger partial charge in [-0.15, -0.1) is 0 Å². The van der Waals surface area contributed by atoms with E-state index in [1.165, 1.54) is 5.56 Å². The highest BCUT2D eigenvalue weighted by molar-refractivity contribution is 5.91. The van der Waals surface area contributed by atoms with Crippen molar-refractivity contribution in [3.8, 4) is 0 Å². The van der Waals surface area contributed by atoms with Gasteiger partial charge in [-0.1, -0.05) is 35.9 Å². The van der Waals surface area contributed by atoms with Crippen LogP contribution in [-0.4, -0.2) is 10.9 Å². The Labute approximate surface area is 119 Å². The molecule has 0 saturated heterocycles. The van der Waals surface area contributed by atoms with Crippen LogP contribution < -0.4 is 5.32 Å². The Hall–Kier alpha value is -2.42. The molecule has 1 aromatic carbocycles. The van der Waals surface area contributed by atoms with Crippen molar-refractivity contribution in [2.24, 2.45) is 0 Å². The maximum Gasteiger partial charge on any atom is 0.244 e. The molecule has 1 amide bonds. The number of nitrogens with zero attached hydrogens (tertiary/aromatic N) is 1. The summed E-state index contributed by atoms with van der Waals surface area (Å²) >= 11 is 0. The van der Waals surface area contributed by atoms with Crippen LogP contribution in [0.4, 0.5) is 0 Å². The van der Waals surface area contributed by atoms with Crippen molar-refractivity contribution in [1.29, 1.82) is 0 Å². The van der Waals surface area contributed by atoms with Gasteiger partial charge in [0, 0.05) is 12.3 Å². The minimum atomic E-state index is -0.121. The van der Waals surface area contributed by atoms with Gasteiger partial charge >= 0.3 is 0 Å². The molecule has 3 nitrogen and oxygen atoms in total. The first kappa shape index (κ1) is 14.0. The molecule has 1 unspecified atom stereocenters. The smallest absolute Gasteiger partial charge is 0.244 e. The number of hydrogen-bond donors (Lipinski definition) is 1. The van der Waals surface area contributed by atoms with Crippen LogP contribution in [0.25, 0.3) is 6.08 Å². The normalized spacial score (nSPS) is 12.3. The second-order valence-corrected chi connectivity index (χ2v) is 4.73. The number of hydrogen-bond acceptors (Lipinski definition) is 2. The highest BCUT2D eigenvalue weighted by atomic mass is 16.1. The zero-order valence-electron chi connectivity index (χ0n) is 11.7. The average Bonchev–Trinajstić information content (AvgIpc) is 2.46. The molecule has 0 saturated carbocycles. The molecule has 1 N–H and O–H groups in total. The first-order valence-electron chi connectivity index (χ1n) is 6.61. The number of nitrogens with one attached hydrogen (secondary N) is 1. The van der Waals surface area contributed by atoms with Gasteiger partial charge in [0.1, 0.15) is 0 Å². The third-order valence-electron chi connectivity index (χ3n) is 2.96. The van der Waals surface area contributed by atoms with Crippen molar-refractivity contribution in [2.45, 2.75) is 19.9 Å². The lowest BCUT2D eigenvalue weighted by Crippen LogP contribution is -2.25. The Kier molecular flexibility index (Phi) is 4.66. The van der Waals surface area contributed by atoms with Gasteiger partial charge in [-0.3, -0.25) is 9.78 Å². The first-order chi connectivity index (χ1) is 9.65. The number of benzene rings is 1. The van der Waals surface area contributed by atoms with Gasteiger partial charge in [0.15, 0.2) is 0 Å². The van der Waals surface area contributed by atoms with Gasteiger partial charge in [0.05, 0.1) is 11.7 Å². The number of pyridine rings is 1. The number of carbonyl (C=O) groups is 1. The van der Waals surface area contributed by atoms with Crippen LogP contribution in [0, 0.1) is 6.92 Å². The van der Waals surface area contributed by atoms with E-state index in [9.17, 15) is 4.79 Å². The summed E-state index contributed by atoms with van der Waals surface area (Å²) in [4.78, 5) is 16.1. The van der Waals surface area contributed by atoms with E-state index in [4.69, 9.17) is 0 Å². The van der Waals surface area contributed by atoms with E-state index in [1.807, 2.05) is 62.4 Å². The summed E-state index contributed by atoms with van der Waals surface area (Å²) in [6.45, 7) is 3.95. The van der Waals surface area contributed by atoms with Crippen LogP contribution >= 0.6 is 0 Å². The Morgan fingerprint density at radius 2 is 2.10 bits per heavy atom. The van der Waals surface area contributed by atoms with Gasteiger partial charge < -0.3 is 5.32 Å². The van der Waals surface area contributed by atoms with Crippen molar-refractivity contribution < 1.29 is 4.79 Å². The van der Waals surface area contributed by atoms with Crippen LogP contribution in [0.5, 0.6) is 0 Å². The molecule has 0 radical (unpaired) electrons. The topological polar surface area (TPSA) is 42.0 Å². The minimum absolute atomic E-state index is 0.106. The van der Waals surface area contributed by atoms with Gasteiger partial charge in [-0.25, -0.2) is 0 Å². The summed E-state index contributed by atoms with van der Waals surface area (Å²) in [6, 6.07) is 13.6. The van der Waals surface area contributed by atoms with E-state index < -0.39 is 0 Å². The molecule has 0 aliphatic heterocycles. The number of aromatic nitrogens is 1. The molecule has 2 aromatic rings. The Balaban J connectivity index is 1.96. The molecule has 2 rings (SSSR count). The van der Waals surface area contributed by atoms with Crippen LogP contribution in [0.15, 0.2) is 54.7 Å². The molecular weight excluding hydrogens is 248 g/mol. The number of rotatable bonds is 4. The summed E-state index contributed by atoms with van der Waals surface area (Å²) in [6.07, 6.45) is 5.09. The summed E-state index contributed by atoms with van der Waals surface area (Å²) in [7, 11) is 0. The fourth-order valence-corrected chi connectivity index (χ4v) is 1.91. The molecule has 3 heteroatoms. The summed E-state index contributed by atoms with van der Waals surface area (Å²) in [5.41, 5.74) is 3.05. The predicted octanol–water partition coefficient (Wildman–Crippen LogP) is 3.28. The minimum Gasteiger partial charge on any atom is -0.344 e. The molecule has 0 fully saturated rings. The van der Waals surface area contributed by atoms with Crippen molar-refractivity contribution in [3.05, 3.63) is 71.6 Å². The molecule has 0 bridgehead atoms. The molecule has 1 heterocycles. The monoisotopic (exact) mass is 266 g/mol. The van der Waals surface area contributed by atoms with Crippen LogP contribution in [-0.2, 0) is 4.79 Å². The standard InChI is InChI=1S/C17H18N2O/c1-13-6-5-7-15(12-13)9-10-17(20)19-14(2)16-8-3-4-11-18-16/h3-12,14H,1-2H3,(H,19,20)/b10-9+. The molecule has 0 aliphatic rings. The molecule has 1 atom stereocenters. The average molecular weight is 266 g/mol. The van der Waals surface area contributed by atoms with Crippen LogP contribution in [0.3, 0.4) is 0 Å². The van der Waals surface area contributed by atoms with Gasteiger partial charge in [-0.05, 0) is 37.6 Å². The van der Waals surface area contributed by atoms with Crippen molar-refractivity contribution in [1.82, 2.24) is 10.3 Å². The maximum absolute atomic E-state index is 11.9. The SMILES string of the molecule is Cc1cccc(/C=C/C(=O)NC(C)c2ccccn2)c1. The summed E-state index contributed by atoms with van der Waals surface area (Å²) in [5.74, 6) is -0.121. The highest BCUT2D eigenvalue weighted by Crippen LogP contribution is 2.09. The molecule has 20 heavy (non-hydrogen) atoms. The Morgan fingerprint density at radius 3 is 2.80 bits per heavy atom. The second kappa shape index (κ2) is 6.66. The largest absolute Gasteiger partial charge is 0.344 e. The van der Waals surface area contributed by atoms with Crippen molar-refractivity contribution in [2.75, 3.05) is 0 Å². The quantitative estimate of drug-likeness (QED) is 0.863. The van der Waals surface area contributed by atoms with Gasteiger partial charge in [0.2, 0.25) is 5.91 Å². The third-order valence-corrected chi connectivity index (χ3v) is 2.96. The van der Waals surface area contributed by atoms with E-state index >= 15 is 0 Å². The van der Waals surface area contributed by atoms with Gasteiger partial charge in [-0.2, -0.15) is 0 Å². The van der Waals surface area contributed by atoms with E-state index in [1.54, 1.807) is 12.3 Å². The fourth-order valence-electron chi connectivity index (χ4n) is 1.91. The first-order valence-corrected chi connectivity index (χ1v) is 6.61. The predicted molar refractivity (Wildman–Crippen MR) is 81.0 cm³/mol. The zero-order chi connectivity index (χ0) is 14.4. The molecule has 0 aliphatic carbocycles.